The highest BCUT2D eigenvalue weighted by Crippen LogP contribution is 2.35. The number of nitrogens with zero attached hydrogens (tertiary/aromatic N) is 2. The van der Waals surface area contributed by atoms with E-state index in [-0.39, 0.29) is 10.7 Å². The Labute approximate surface area is 216 Å². The summed E-state index contributed by atoms with van der Waals surface area (Å²) in [7, 11) is 3.04. The molecule has 2 heterocycles. The quantitative estimate of drug-likeness (QED) is 0.306. The summed E-state index contributed by atoms with van der Waals surface area (Å²) >= 11 is 5.36. The second-order valence-corrected chi connectivity index (χ2v) is 9.29. The molecule has 2 amide bonds. The zero-order chi connectivity index (χ0) is 26.3. The van der Waals surface area contributed by atoms with Crippen LogP contribution in [-0.2, 0) is 9.59 Å². The maximum Gasteiger partial charge on any atom is 0.270 e. The van der Waals surface area contributed by atoms with Crippen LogP contribution in [0, 0.1) is 34.6 Å². The molecule has 1 aliphatic rings. The first-order valence-corrected chi connectivity index (χ1v) is 11.9. The number of aryl methyl sites for hydroxylation is 4. The fraction of sp³-hybridized carbons (Fsp3) is 0.250. The van der Waals surface area contributed by atoms with Crippen molar-refractivity contribution in [2.45, 2.75) is 34.6 Å². The minimum Gasteiger partial charge on any atom is -0.497 e. The van der Waals surface area contributed by atoms with Crippen molar-refractivity contribution < 1.29 is 19.1 Å². The van der Waals surface area contributed by atoms with Crippen LogP contribution in [0.2, 0.25) is 0 Å². The Morgan fingerprint density at radius 2 is 1.58 bits per heavy atom. The maximum atomic E-state index is 13.6. The largest absolute Gasteiger partial charge is 0.497 e. The number of rotatable bonds is 5. The van der Waals surface area contributed by atoms with E-state index >= 15 is 0 Å². The van der Waals surface area contributed by atoms with Crippen molar-refractivity contribution in [3.63, 3.8) is 0 Å². The number of hydrogen-bond acceptors (Lipinski definition) is 5. The number of carbonyl (C=O) groups is 2. The predicted octanol–water partition coefficient (Wildman–Crippen LogP) is 4.87. The lowest BCUT2D eigenvalue weighted by Gasteiger charge is -2.30. The molecule has 0 spiro atoms. The molecule has 36 heavy (non-hydrogen) atoms. The van der Waals surface area contributed by atoms with Gasteiger partial charge in [0, 0.05) is 17.5 Å². The topological polar surface area (TPSA) is 72.8 Å². The van der Waals surface area contributed by atoms with E-state index in [4.69, 9.17) is 21.7 Å². The Morgan fingerprint density at radius 3 is 2.19 bits per heavy atom. The maximum absolute atomic E-state index is 13.6. The second kappa shape index (κ2) is 9.62. The number of amides is 2. The Kier molecular flexibility index (Phi) is 6.73. The zero-order valence-corrected chi connectivity index (χ0v) is 22.3. The average Bonchev–Trinajstić information content (AvgIpc) is 3.09. The van der Waals surface area contributed by atoms with E-state index < -0.39 is 11.8 Å². The first-order chi connectivity index (χ1) is 17.1. The van der Waals surface area contributed by atoms with Crippen LogP contribution in [0.4, 0.5) is 5.69 Å². The van der Waals surface area contributed by atoms with Crippen molar-refractivity contribution >= 4 is 40.9 Å². The molecule has 1 aliphatic heterocycles. The van der Waals surface area contributed by atoms with Gasteiger partial charge in [-0.3, -0.25) is 14.9 Å². The second-order valence-electron chi connectivity index (χ2n) is 8.90. The van der Waals surface area contributed by atoms with Crippen LogP contribution in [0.25, 0.3) is 11.8 Å². The first-order valence-electron chi connectivity index (χ1n) is 11.5. The van der Waals surface area contributed by atoms with E-state index in [2.05, 4.69) is 42.8 Å². The highest BCUT2D eigenvalue weighted by molar-refractivity contribution is 7.80. The van der Waals surface area contributed by atoms with Crippen molar-refractivity contribution in [1.29, 1.82) is 0 Å². The Morgan fingerprint density at radius 1 is 0.917 bits per heavy atom. The molecule has 7 nitrogen and oxygen atoms in total. The van der Waals surface area contributed by atoms with E-state index in [1.807, 2.05) is 19.9 Å². The molecule has 0 bridgehead atoms. The van der Waals surface area contributed by atoms with E-state index in [0.29, 0.717) is 17.2 Å². The van der Waals surface area contributed by atoms with E-state index in [1.165, 1.54) is 17.6 Å². The van der Waals surface area contributed by atoms with Crippen molar-refractivity contribution in [1.82, 2.24) is 9.88 Å². The average molecular weight is 504 g/mol. The summed E-state index contributed by atoms with van der Waals surface area (Å²) in [5.41, 5.74) is 7.72. The molecule has 1 fully saturated rings. The van der Waals surface area contributed by atoms with Crippen LogP contribution >= 0.6 is 12.2 Å². The Hall–Kier alpha value is -3.91. The lowest BCUT2D eigenvalue weighted by atomic mass is 10.0. The first kappa shape index (κ1) is 25.2. The summed E-state index contributed by atoms with van der Waals surface area (Å²) in [6.45, 7) is 10.3. The minimum atomic E-state index is -0.541. The molecule has 1 saturated heterocycles. The highest BCUT2D eigenvalue weighted by Gasteiger charge is 2.36. The molecule has 0 atom stereocenters. The Balaban J connectivity index is 1.81. The number of carbonyl (C=O) groups excluding carboxylic acids is 2. The van der Waals surface area contributed by atoms with Gasteiger partial charge in [-0.15, -0.1) is 0 Å². The lowest BCUT2D eigenvalue weighted by molar-refractivity contribution is -0.122. The molecule has 3 aromatic rings. The summed E-state index contributed by atoms with van der Waals surface area (Å²) in [6, 6.07) is 11.3. The molecular weight excluding hydrogens is 474 g/mol. The van der Waals surface area contributed by atoms with E-state index in [9.17, 15) is 9.59 Å². The number of thiocarbonyl (C=S) groups is 1. The summed E-state index contributed by atoms with van der Waals surface area (Å²) in [6.07, 6.45) is 1.63. The number of hydrogen-bond donors (Lipinski definition) is 1. The van der Waals surface area contributed by atoms with Gasteiger partial charge in [0.1, 0.15) is 17.1 Å². The monoisotopic (exact) mass is 503 g/mol. The summed E-state index contributed by atoms with van der Waals surface area (Å²) in [5, 5.41) is 2.63. The number of benzene rings is 2. The molecule has 4 rings (SSSR count). The molecule has 186 valence electrons. The van der Waals surface area contributed by atoms with Gasteiger partial charge >= 0.3 is 0 Å². The van der Waals surface area contributed by atoms with E-state index in [1.54, 1.807) is 31.4 Å². The Bertz CT molecular complexity index is 1430. The van der Waals surface area contributed by atoms with Gasteiger partial charge in [0.05, 0.1) is 25.6 Å². The molecule has 0 saturated carbocycles. The van der Waals surface area contributed by atoms with Crippen molar-refractivity contribution in [2.24, 2.45) is 0 Å². The minimum absolute atomic E-state index is 0.0120. The third-order valence-corrected chi connectivity index (χ3v) is 6.64. The molecular formula is C28H29N3O4S. The van der Waals surface area contributed by atoms with Gasteiger partial charge < -0.3 is 14.0 Å². The van der Waals surface area contributed by atoms with Crippen LogP contribution in [-0.4, -0.2) is 35.7 Å². The van der Waals surface area contributed by atoms with Crippen molar-refractivity contribution in [2.75, 3.05) is 19.1 Å². The molecule has 1 N–H and O–H groups in total. The fourth-order valence-corrected chi connectivity index (χ4v) is 5.08. The number of aromatic nitrogens is 1. The lowest BCUT2D eigenvalue weighted by Crippen LogP contribution is -2.54. The SMILES string of the molecule is COc1ccc(N2C(=O)/C(=C/c3cc(C)n(-c4c(C)cc(C)cc4C)c3C)C(=O)NC2=S)c(OC)c1. The van der Waals surface area contributed by atoms with Gasteiger partial charge in [-0.2, -0.15) is 0 Å². The van der Waals surface area contributed by atoms with Gasteiger partial charge in [0.2, 0.25) is 0 Å². The summed E-state index contributed by atoms with van der Waals surface area (Å²) in [5.74, 6) is -0.107. The van der Waals surface area contributed by atoms with Crippen molar-refractivity contribution in [3.05, 3.63) is 75.6 Å². The van der Waals surface area contributed by atoms with Crippen LogP contribution in [0.1, 0.15) is 33.6 Å². The fourth-order valence-electron chi connectivity index (χ4n) is 4.80. The third kappa shape index (κ3) is 4.28. The number of ether oxygens (including phenoxy) is 2. The van der Waals surface area contributed by atoms with Crippen LogP contribution < -0.4 is 19.7 Å². The highest BCUT2D eigenvalue weighted by atomic mass is 32.1. The van der Waals surface area contributed by atoms with Crippen LogP contribution in [0.3, 0.4) is 0 Å². The van der Waals surface area contributed by atoms with Gasteiger partial charge in [-0.1, -0.05) is 17.7 Å². The standard InChI is InChI=1S/C28H29N3O4S/c1-15-10-16(2)25(17(3)11-15)30-18(4)12-20(19(30)5)13-22-26(32)29-28(36)31(27(22)33)23-9-8-21(34-6)14-24(23)35-7/h8-14H,1-7H3,(H,29,32,36)/b22-13+. The number of nitrogens with one attached hydrogen (secondary N) is 1. The van der Waals surface area contributed by atoms with Crippen molar-refractivity contribution in [3.8, 4) is 17.2 Å². The van der Waals surface area contributed by atoms with Gasteiger partial charge in [0.25, 0.3) is 11.8 Å². The smallest absolute Gasteiger partial charge is 0.270 e. The van der Waals surface area contributed by atoms with Gasteiger partial charge in [0.15, 0.2) is 5.11 Å². The summed E-state index contributed by atoms with van der Waals surface area (Å²) in [4.78, 5) is 27.8. The molecule has 2 aromatic carbocycles. The normalized spacial score (nSPS) is 14.9. The number of anilines is 1. The van der Waals surface area contributed by atoms with E-state index in [0.717, 1.165) is 33.8 Å². The molecule has 0 aliphatic carbocycles. The van der Waals surface area contributed by atoms with Crippen LogP contribution in [0.15, 0.2) is 42.0 Å². The van der Waals surface area contributed by atoms with Gasteiger partial charge in [-0.05, 0) is 87.8 Å². The molecule has 0 radical (unpaired) electrons. The summed E-state index contributed by atoms with van der Waals surface area (Å²) < 4.78 is 12.9. The van der Waals surface area contributed by atoms with Crippen LogP contribution in [0.5, 0.6) is 11.5 Å². The zero-order valence-electron chi connectivity index (χ0n) is 21.5. The molecule has 0 unspecified atom stereocenters. The third-order valence-electron chi connectivity index (χ3n) is 6.36. The number of methoxy groups -OCH3 is 2. The molecule has 1 aromatic heterocycles. The molecule has 8 heteroatoms. The predicted molar refractivity (Wildman–Crippen MR) is 145 cm³/mol. The van der Waals surface area contributed by atoms with Gasteiger partial charge in [-0.25, -0.2) is 4.90 Å².